The molecule has 2 aromatic rings. The van der Waals surface area contributed by atoms with Gasteiger partial charge in [-0.15, -0.1) is 0 Å². The third kappa shape index (κ3) is 6.84. The Balaban J connectivity index is 1.10. The Hall–Kier alpha value is -2.65. The topological polar surface area (TPSA) is 81.7 Å². The number of hydrogen-bond acceptors (Lipinski definition) is 8. The first kappa shape index (κ1) is 36.7. The maximum absolute atomic E-state index is 13.4. The summed E-state index contributed by atoms with van der Waals surface area (Å²) in [6.45, 7) is 14.7. The molecule has 2 aromatic carbocycles. The van der Waals surface area contributed by atoms with Gasteiger partial charge in [-0.25, -0.2) is 0 Å². The van der Waals surface area contributed by atoms with Crippen molar-refractivity contribution in [2.75, 3.05) is 73.2 Å². The molecular formula is C43H60O8. The minimum atomic E-state index is -0.429. The van der Waals surface area contributed by atoms with E-state index in [4.69, 9.17) is 33.2 Å². The van der Waals surface area contributed by atoms with Gasteiger partial charge in [0.2, 0.25) is 0 Å². The van der Waals surface area contributed by atoms with Gasteiger partial charge in [0, 0.05) is 0 Å². The lowest BCUT2D eigenvalue weighted by Gasteiger charge is -2.70. The van der Waals surface area contributed by atoms with Gasteiger partial charge >= 0.3 is 5.97 Å². The van der Waals surface area contributed by atoms with Crippen molar-refractivity contribution in [2.24, 2.45) is 51.8 Å². The average Bonchev–Trinajstić information content (AvgIpc) is 3.12. The number of rotatable bonds is 2. The standard InChI is InChI=1S/C43H60O8/c1-29(2)33-26-43-14-11-38-41(3,12-8-13-42(38,4)40(44)45-5)39(43)25-32(33)34-27-48-17-15-46-19-21-50-36-23-30-9-6-7-10-31(30)24-37(36)51-22-20-47-16-18-49-28-35(34)43/h6-7,9-10,23-24,26,29,32,34-35,38-39H,8,11-22,25,27-28H2,1-5H3/t32-,34-,35-,38-,39-,41+,42-,43+/m1/s1. The highest BCUT2D eigenvalue weighted by Gasteiger charge is 2.68. The maximum Gasteiger partial charge on any atom is 0.311 e. The van der Waals surface area contributed by atoms with Crippen LogP contribution < -0.4 is 9.47 Å². The van der Waals surface area contributed by atoms with E-state index in [0.717, 1.165) is 42.9 Å². The van der Waals surface area contributed by atoms with E-state index < -0.39 is 5.41 Å². The van der Waals surface area contributed by atoms with Crippen LogP contribution in [0.25, 0.3) is 10.8 Å². The van der Waals surface area contributed by atoms with Gasteiger partial charge in [-0.05, 0) is 108 Å². The van der Waals surface area contributed by atoms with E-state index in [-0.39, 0.29) is 16.8 Å². The zero-order chi connectivity index (χ0) is 35.6. The van der Waals surface area contributed by atoms with Gasteiger partial charge in [0.05, 0.1) is 65.4 Å². The largest absolute Gasteiger partial charge is 0.487 e. The minimum absolute atomic E-state index is 0.0130. The van der Waals surface area contributed by atoms with Crippen LogP contribution in [0.2, 0.25) is 0 Å². The van der Waals surface area contributed by atoms with E-state index in [1.807, 2.05) is 24.3 Å². The van der Waals surface area contributed by atoms with E-state index in [0.29, 0.717) is 113 Å². The van der Waals surface area contributed by atoms with Gasteiger partial charge in [-0.2, -0.15) is 0 Å². The lowest BCUT2D eigenvalue weighted by atomic mass is 9.34. The van der Waals surface area contributed by atoms with E-state index in [9.17, 15) is 4.79 Å². The first-order chi connectivity index (χ1) is 24.7. The summed E-state index contributed by atoms with van der Waals surface area (Å²) in [6.07, 6.45) is 9.15. The SMILES string of the molecule is COC(=O)[C@]1(C)CCC[C@]2(C)[C@H]3C[C@@H]4C(C(C)C)=C[C@@]3(CC[C@H]21)[C@@H]1COCCOCCOc2cc3ccccc3cc2OCCOCCOC[C@H]41. The number of carbonyl (C=O) groups excluding carboxylic acids is 1. The van der Waals surface area contributed by atoms with E-state index in [2.05, 4.69) is 45.9 Å². The maximum atomic E-state index is 13.4. The Morgan fingerprint density at radius 2 is 1.39 bits per heavy atom. The summed E-state index contributed by atoms with van der Waals surface area (Å²) in [5.74, 6) is 3.83. The summed E-state index contributed by atoms with van der Waals surface area (Å²) in [4.78, 5) is 13.4. The summed E-state index contributed by atoms with van der Waals surface area (Å²) in [6, 6.07) is 12.3. The van der Waals surface area contributed by atoms with Crippen LogP contribution in [0.15, 0.2) is 48.0 Å². The lowest BCUT2D eigenvalue weighted by molar-refractivity contribution is -0.208. The molecule has 1 aliphatic heterocycles. The van der Waals surface area contributed by atoms with Gasteiger partial charge in [-0.1, -0.05) is 63.1 Å². The second kappa shape index (κ2) is 15.4. The Morgan fingerprint density at radius 1 is 0.784 bits per heavy atom. The summed E-state index contributed by atoms with van der Waals surface area (Å²) < 4.78 is 42.9. The molecule has 6 aliphatic rings. The number of carbonyl (C=O) groups is 1. The summed E-state index contributed by atoms with van der Waals surface area (Å²) >= 11 is 0. The second-order valence-corrected chi connectivity index (χ2v) is 16.7. The molecule has 0 unspecified atom stereocenters. The molecule has 0 aromatic heterocycles. The highest BCUT2D eigenvalue weighted by Crippen LogP contribution is 2.73. The highest BCUT2D eigenvalue weighted by atomic mass is 16.6. The molecule has 8 rings (SSSR count). The normalized spacial score (nSPS) is 36.7. The van der Waals surface area contributed by atoms with Crippen LogP contribution in [0, 0.1) is 51.8 Å². The number of benzene rings is 2. The molecule has 2 bridgehead atoms. The van der Waals surface area contributed by atoms with Crippen LogP contribution in [0.3, 0.4) is 0 Å². The van der Waals surface area contributed by atoms with Gasteiger partial charge in [-0.3, -0.25) is 4.79 Å². The predicted octanol–water partition coefficient (Wildman–Crippen LogP) is 7.91. The molecule has 3 saturated carbocycles. The van der Waals surface area contributed by atoms with Crippen molar-refractivity contribution in [3.63, 3.8) is 0 Å². The molecule has 1 spiro atoms. The van der Waals surface area contributed by atoms with Crippen molar-refractivity contribution in [2.45, 2.75) is 66.2 Å². The molecule has 8 heteroatoms. The molecule has 280 valence electrons. The van der Waals surface area contributed by atoms with Crippen molar-refractivity contribution in [1.29, 1.82) is 0 Å². The molecule has 0 radical (unpaired) electrons. The van der Waals surface area contributed by atoms with Gasteiger partial charge in [0.15, 0.2) is 11.5 Å². The summed E-state index contributed by atoms with van der Waals surface area (Å²) in [5.41, 5.74) is 1.25. The number of ether oxygens (including phenoxy) is 7. The third-order valence-electron chi connectivity index (χ3n) is 13.8. The molecule has 5 aliphatic carbocycles. The van der Waals surface area contributed by atoms with Crippen molar-refractivity contribution in [3.8, 4) is 11.5 Å². The van der Waals surface area contributed by atoms with Crippen LogP contribution in [-0.2, 0) is 28.5 Å². The fourth-order valence-electron chi connectivity index (χ4n) is 11.6. The van der Waals surface area contributed by atoms with E-state index in [1.54, 1.807) is 12.7 Å². The first-order valence-electron chi connectivity index (χ1n) is 19.6. The van der Waals surface area contributed by atoms with Crippen molar-refractivity contribution in [1.82, 2.24) is 0 Å². The monoisotopic (exact) mass is 704 g/mol. The summed E-state index contributed by atoms with van der Waals surface area (Å²) in [7, 11) is 1.56. The zero-order valence-corrected chi connectivity index (χ0v) is 31.6. The average molecular weight is 705 g/mol. The Bertz CT molecular complexity index is 1550. The van der Waals surface area contributed by atoms with Gasteiger partial charge < -0.3 is 33.2 Å². The van der Waals surface area contributed by atoms with Crippen molar-refractivity contribution in [3.05, 3.63) is 48.0 Å². The first-order valence-corrected chi connectivity index (χ1v) is 19.6. The van der Waals surface area contributed by atoms with Crippen LogP contribution in [0.4, 0.5) is 0 Å². The molecular weight excluding hydrogens is 644 g/mol. The number of esters is 1. The lowest BCUT2D eigenvalue weighted by Crippen LogP contribution is -2.65. The minimum Gasteiger partial charge on any atom is -0.487 e. The molecule has 3 fully saturated rings. The van der Waals surface area contributed by atoms with Crippen LogP contribution in [-0.4, -0.2) is 79.1 Å². The highest BCUT2D eigenvalue weighted by molar-refractivity contribution is 5.86. The van der Waals surface area contributed by atoms with E-state index >= 15 is 0 Å². The van der Waals surface area contributed by atoms with Crippen molar-refractivity contribution < 1.29 is 38.0 Å². The van der Waals surface area contributed by atoms with E-state index in [1.165, 1.54) is 6.42 Å². The fourth-order valence-corrected chi connectivity index (χ4v) is 11.6. The molecule has 0 N–H and O–H groups in total. The predicted molar refractivity (Wildman–Crippen MR) is 197 cm³/mol. The number of fused-ring (bicyclic) bond motifs is 3. The molecule has 51 heavy (non-hydrogen) atoms. The third-order valence-corrected chi connectivity index (χ3v) is 13.8. The zero-order valence-electron chi connectivity index (χ0n) is 31.6. The Labute approximate surface area is 304 Å². The molecule has 8 nitrogen and oxygen atoms in total. The van der Waals surface area contributed by atoms with Crippen LogP contribution in [0.5, 0.6) is 11.5 Å². The second-order valence-electron chi connectivity index (χ2n) is 16.7. The fraction of sp³-hybridized carbons (Fsp3) is 0.698. The van der Waals surface area contributed by atoms with Crippen LogP contribution >= 0.6 is 0 Å². The quantitative estimate of drug-likeness (QED) is 0.231. The molecule has 1 heterocycles. The smallest absolute Gasteiger partial charge is 0.311 e. The number of hydrogen-bond donors (Lipinski definition) is 0. The molecule has 8 atom stereocenters. The number of allylic oxidation sites excluding steroid dienone is 2. The Kier molecular flexibility index (Phi) is 11.1. The molecule has 0 amide bonds. The summed E-state index contributed by atoms with van der Waals surface area (Å²) in [5, 5.41) is 2.21. The molecule has 0 saturated heterocycles. The van der Waals surface area contributed by atoms with Crippen LogP contribution in [0.1, 0.15) is 66.2 Å². The number of methoxy groups -OCH3 is 1. The van der Waals surface area contributed by atoms with Crippen molar-refractivity contribution >= 4 is 16.7 Å². The van der Waals surface area contributed by atoms with Gasteiger partial charge in [0.1, 0.15) is 13.2 Å². The van der Waals surface area contributed by atoms with Gasteiger partial charge in [0.25, 0.3) is 0 Å². The Morgan fingerprint density at radius 3 is 2.02 bits per heavy atom.